The molecule has 0 radical (unpaired) electrons. The van der Waals surface area contributed by atoms with Crippen LogP contribution < -0.4 is 0 Å². The summed E-state index contributed by atoms with van der Waals surface area (Å²) < 4.78 is 6.57. The van der Waals surface area contributed by atoms with Crippen molar-refractivity contribution in [1.82, 2.24) is 0 Å². The lowest BCUT2D eigenvalue weighted by atomic mass is 9.45. The third-order valence-electron chi connectivity index (χ3n) is 9.79. The fourth-order valence-corrected chi connectivity index (χ4v) is 8.29. The lowest BCUT2D eigenvalue weighted by Gasteiger charge is -2.60. The zero-order valence-corrected chi connectivity index (χ0v) is 17.5. The number of hydrogen-bond donors (Lipinski definition) is 0. The van der Waals surface area contributed by atoms with Gasteiger partial charge in [0.15, 0.2) is 0 Å². The van der Waals surface area contributed by atoms with Crippen LogP contribution in [0.25, 0.3) is 0 Å². The molecule has 148 valence electrons. The molecule has 0 unspecified atom stereocenters. The first kappa shape index (κ1) is 18.2. The summed E-state index contributed by atoms with van der Waals surface area (Å²) in [5.41, 5.74) is 2.41. The fraction of sp³-hybridized carbons (Fsp3) is 0.769. The highest BCUT2D eigenvalue weighted by molar-refractivity contribution is 5.14. The van der Waals surface area contributed by atoms with Gasteiger partial charge in [0.25, 0.3) is 0 Å². The topological polar surface area (TPSA) is 9.23 Å². The van der Waals surface area contributed by atoms with E-state index in [2.05, 4.69) is 44.2 Å². The molecule has 4 aliphatic rings. The van der Waals surface area contributed by atoms with E-state index >= 15 is 0 Å². The van der Waals surface area contributed by atoms with Crippen LogP contribution in [0.2, 0.25) is 0 Å². The first-order chi connectivity index (χ1) is 13.1. The summed E-state index contributed by atoms with van der Waals surface area (Å²) in [6.45, 7) is 6.07. The van der Waals surface area contributed by atoms with E-state index in [0.717, 1.165) is 30.3 Å². The molecule has 0 bridgehead atoms. The normalized spacial score (nSPS) is 46.4. The van der Waals surface area contributed by atoms with Crippen molar-refractivity contribution >= 4 is 0 Å². The van der Waals surface area contributed by atoms with E-state index in [0.29, 0.717) is 16.9 Å². The van der Waals surface area contributed by atoms with Gasteiger partial charge in [0.2, 0.25) is 0 Å². The first-order valence-corrected chi connectivity index (χ1v) is 11.8. The van der Waals surface area contributed by atoms with Crippen LogP contribution in [-0.2, 0) is 11.3 Å². The fourth-order valence-electron chi connectivity index (χ4n) is 8.29. The van der Waals surface area contributed by atoms with Crippen molar-refractivity contribution in [3.63, 3.8) is 0 Å². The molecule has 5 rings (SSSR count). The summed E-state index contributed by atoms with van der Waals surface area (Å²) in [6.07, 6.45) is 15.1. The van der Waals surface area contributed by atoms with Crippen molar-refractivity contribution in [2.45, 2.75) is 90.8 Å². The van der Waals surface area contributed by atoms with Crippen LogP contribution in [0.5, 0.6) is 0 Å². The summed E-state index contributed by atoms with van der Waals surface area (Å²) in [4.78, 5) is 0. The molecule has 7 atom stereocenters. The van der Waals surface area contributed by atoms with E-state index in [1.807, 2.05) is 0 Å². The number of benzene rings is 1. The quantitative estimate of drug-likeness (QED) is 0.559. The van der Waals surface area contributed by atoms with Gasteiger partial charge in [-0.05, 0) is 91.4 Å². The molecule has 27 heavy (non-hydrogen) atoms. The molecule has 4 fully saturated rings. The van der Waals surface area contributed by atoms with E-state index in [9.17, 15) is 0 Å². The van der Waals surface area contributed by atoms with Crippen LogP contribution in [0, 0.1) is 34.5 Å². The van der Waals surface area contributed by atoms with E-state index in [4.69, 9.17) is 4.74 Å². The second-order valence-electron chi connectivity index (χ2n) is 10.8. The predicted octanol–water partition coefficient (Wildman–Crippen LogP) is 7.00. The molecule has 1 nitrogen and oxygen atoms in total. The van der Waals surface area contributed by atoms with Crippen LogP contribution >= 0.6 is 0 Å². The summed E-state index contributed by atoms with van der Waals surface area (Å²) in [5.74, 6) is 3.93. The third kappa shape index (κ3) is 2.91. The monoisotopic (exact) mass is 366 g/mol. The Bertz CT molecular complexity index is 653. The molecular formula is C26H38O. The van der Waals surface area contributed by atoms with Gasteiger partial charge in [-0.3, -0.25) is 0 Å². The lowest BCUT2D eigenvalue weighted by molar-refractivity contribution is -0.132. The molecule has 4 saturated carbocycles. The van der Waals surface area contributed by atoms with Gasteiger partial charge in [-0.15, -0.1) is 0 Å². The Morgan fingerprint density at radius 1 is 0.815 bits per heavy atom. The minimum Gasteiger partial charge on any atom is -0.373 e. The molecule has 0 amide bonds. The maximum Gasteiger partial charge on any atom is 0.0720 e. The van der Waals surface area contributed by atoms with Gasteiger partial charge >= 0.3 is 0 Å². The summed E-state index contributed by atoms with van der Waals surface area (Å²) in [5, 5.41) is 0. The Hall–Kier alpha value is -0.820. The van der Waals surface area contributed by atoms with Crippen LogP contribution in [0.15, 0.2) is 30.3 Å². The molecule has 0 spiro atoms. The van der Waals surface area contributed by atoms with Crippen LogP contribution in [-0.4, -0.2) is 6.10 Å². The summed E-state index contributed by atoms with van der Waals surface area (Å²) >= 11 is 0. The number of ether oxygens (including phenoxy) is 1. The van der Waals surface area contributed by atoms with Crippen LogP contribution in [0.3, 0.4) is 0 Å². The highest BCUT2D eigenvalue weighted by Gasteiger charge is 2.59. The molecule has 1 aromatic carbocycles. The standard InChI is InChI=1S/C26H38O/c1-25-16-7-6-10-20(25)11-12-21-22-13-14-24(26(22,2)17-15-23(21)25)27-18-19-8-4-3-5-9-19/h3-5,8-9,20-24H,6-7,10-18H2,1-2H3/t20-,21-,22-,23+,24+,25+,26-/m1/s1. The number of rotatable bonds is 3. The average molecular weight is 367 g/mol. The molecule has 4 aliphatic carbocycles. The average Bonchev–Trinajstić information content (AvgIpc) is 3.03. The molecule has 1 aromatic rings. The Morgan fingerprint density at radius 2 is 1.63 bits per heavy atom. The lowest BCUT2D eigenvalue weighted by Crippen LogP contribution is -2.53. The van der Waals surface area contributed by atoms with Gasteiger partial charge in [-0.1, -0.05) is 57.0 Å². The highest BCUT2D eigenvalue weighted by Crippen LogP contribution is 2.66. The van der Waals surface area contributed by atoms with Crippen molar-refractivity contribution in [2.24, 2.45) is 34.5 Å². The van der Waals surface area contributed by atoms with Gasteiger partial charge in [-0.25, -0.2) is 0 Å². The number of hydrogen-bond acceptors (Lipinski definition) is 1. The van der Waals surface area contributed by atoms with Crippen LogP contribution in [0.1, 0.15) is 83.6 Å². The first-order valence-electron chi connectivity index (χ1n) is 11.8. The molecule has 0 N–H and O–H groups in total. The van der Waals surface area contributed by atoms with Gasteiger partial charge in [-0.2, -0.15) is 0 Å². The van der Waals surface area contributed by atoms with E-state index in [1.54, 1.807) is 0 Å². The Labute approximate surface area is 166 Å². The predicted molar refractivity (Wildman–Crippen MR) is 111 cm³/mol. The SMILES string of the molecule is C[C@@]12CC[C@H]3[C@H](CC[C@H]4CCCC[C@@]43C)[C@H]1CC[C@@H]2OCc1ccccc1. The largest absolute Gasteiger partial charge is 0.373 e. The maximum atomic E-state index is 6.57. The van der Waals surface area contributed by atoms with Crippen molar-refractivity contribution in [2.75, 3.05) is 0 Å². The maximum absolute atomic E-state index is 6.57. The zero-order chi connectivity index (χ0) is 18.5. The second kappa shape index (κ2) is 6.90. The second-order valence-corrected chi connectivity index (χ2v) is 10.8. The van der Waals surface area contributed by atoms with Gasteiger partial charge in [0.05, 0.1) is 12.7 Å². The van der Waals surface area contributed by atoms with Crippen molar-refractivity contribution < 1.29 is 4.74 Å². The summed E-state index contributed by atoms with van der Waals surface area (Å²) in [7, 11) is 0. The minimum atomic E-state index is 0.424. The van der Waals surface area contributed by atoms with Crippen LogP contribution in [0.4, 0.5) is 0 Å². The van der Waals surface area contributed by atoms with Crippen molar-refractivity contribution in [3.8, 4) is 0 Å². The molecule has 1 heteroatoms. The highest BCUT2D eigenvalue weighted by atomic mass is 16.5. The summed E-state index contributed by atoms with van der Waals surface area (Å²) in [6, 6.07) is 10.8. The molecule has 0 heterocycles. The smallest absolute Gasteiger partial charge is 0.0720 e. The van der Waals surface area contributed by atoms with E-state index < -0.39 is 0 Å². The zero-order valence-electron chi connectivity index (χ0n) is 17.5. The molecule has 0 aliphatic heterocycles. The van der Waals surface area contributed by atoms with Gasteiger partial charge < -0.3 is 4.74 Å². The van der Waals surface area contributed by atoms with E-state index in [-0.39, 0.29) is 0 Å². The van der Waals surface area contributed by atoms with Crippen molar-refractivity contribution in [3.05, 3.63) is 35.9 Å². The minimum absolute atomic E-state index is 0.424. The van der Waals surface area contributed by atoms with Crippen molar-refractivity contribution in [1.29, 1.82) is 0 Å². The van der Waals surface area contributed by atoms with E-state index in [1.165, 1.54) is 69.8 Å². The Morgan fingerprint density at radius 3 is 2.48 bits per heavy atom. The third-order valence-corrected chi connectivity index (χ3v) is 9.79. The Kier molecular flexibility index (Phi) is 4.66. The molecular weight excluding hydrogens is 328 g/mol. The number of fused-ring (bicyclic) bond motifs is 5. The molecule has 0 aromatic heterocycles. The Balaban J connectivity index is 1.32. The van der Waals surface area contributed by atoms with Gasteiger partial charge in [0, 0.05) is 0 Å². The van der Waals surface area contributed by atoms with Gasteiger partial charge in [0.1, 0.15) is 0 Å². The molecule has 0 saturated heterocycles.